The van der Waals surface area contributed by atoms with Crippen LogP contribution in [-0.2, 0) is 0 Å². The van der Waals surface area contributed by atoms with Crippen LogP contribution in [0.25, 0.3) is 0 Å². The number of hydrogen-bond donors (Lipinski definition) is 0. The van der Waals surface area contributed by atoms with Gasteiger partial charge in [-0.15, -0.1) is 5.11 Å². The maximum Gasteiger partial charge on any atom is 0.165 e. The van der Waals surface area contributed by atoms with Crippen molar-refractivity contribution in [3.05, 3.63) is 84.9 Å². The molecule has 0 aliphatic heterocycles. The third-order valence-corrected chi connectivity index (χ3v) is 9.41. The lowest BCUT2D eigenvalue weighted by atomic mass is 10.0. The normalized spacial score (nSPS) is 11.9. The SMILES string of the molecule is CCCCCCCCCCCC[N+](CCCCCCCCCCCC)(c1ccccc1)c1ccccc1N=Nc1ccccc1. The first-order valence-electron chi connectivity index (χ1n) is 18.8. The van der Waals surface area contributed by atoms with Crippen molar-refractivity contribution >= 4 is 22.7 Å². The minimum atomic E-state index is 0.860. The van der Waals surface area contributed by atoms with Gasteiger partial charge < -0.3 is 0 Å². The van der Waals surface area contributed by atoms with Crippen LogP contribution >= 0.6 is 0 Å². The van der Waals surface area contributed by atoms with E-state index >= 15 is 0 Å². The highest BCUT2D eigenvalue weighted by Gasteiger charge is 2.35. The number of benzene rings is 3. The van der Waals surface area contributed by atoms with Gasteiger partial charge >= 0.3 is 0 Å². The molecule has 3 heteroatoms. The van der Waals surface area contributed by atoms with Crippen LogP contribution in [0.5, 0.6) is 0 Å². The van der Waals surface area contributed by atoms with Gasteiger partial charge in [0.15, 0.2) is 5.69 Å². The van der Waals surface area contributed by atoms with E-state index in [1.54, 1.807) is 0 Å². The largest absolute Gasteiger partial charge is 0.257 e. The molecule has 0 atom stereocenters. The van der Waals surface area contributed by atoms with Gasteiger partial charge in [-0.05, 0) is 56.0 Å². The Balaban J connectivity index is 1.73. The van der Waals surface area contributed by atoms with Gasteiger partial charge in [0.05, 0.1) is 18.8 Å². The Morgan fingerprint density at radius 2 is 0.800 bits per heavy atom. The molecule has 246 valence electrons. The number of azo groups is 1. The van der Waals surface area contributed by atoms with E-state index in [1.165, 1.54) is 140 Å². The van der Waals surface area contributed by atoms with E-state index in [0.29, 0.717) is 0 Å². The summed E-state index contributed by atoms with van der Waals surface area (Å²) in [6.45, 7) is 6.82. The number of unbranched alkanes of at least 4 members (excludes halogenated alkanes) is 18. The van der Waals surface area contributed by atoms with Crippen molar-refractivity contribution in [2.24, 2.45) is 10.2 Å². The number of hydrogen-bond acceptors (Lipinski definition) is 2. The fraction of sp³-hybridized carbons (Fsp3) is 0.571. The lowest BCUT2D eigenvalue weighted by Gasteiger charge is -2.38. The molecule has 0 spiro atoms. The minimum absolute atomic E-state index is 0.860. The first kappa shape index (κ1) is 36.7. The van der Waals surface area contributed by atoms with E-state index in [4.69, 9.17) is 5.11 Å². The second-order valence-corrected chi connectivity index (χ2v) is 13.1. The highest BCUT2D eigenvalue weighted by molar-refractivity contribution is 5.70. The molecule has 0 saturated heterocycles. The summed E-state index contributed by atoms with van der Waals surface area (Å²) in [5.41, 5.74) is 4.56. The van der Waals surface area contributed by atoms with E-state index in [1.807, 2.05) is 30.3 Å². The van der Waals surface area contributed by atoms with Crippen LogP contribution in [0.4, 0.5) is 22.7 Å². The maximum absolute atomic E-state index is 4.88. The van der Waals surface area contributed by atoms with Gasteiger partial charge in [0, 0.05) is 6.07 Å². The monoisotopic (exact) mass is 611 g/mol. The van der Waals surface area contributed by atoms with Crippen molar-refractivity contribution in [2.75, 3.05) is 13.1 Å². The molecular weight excluding hydrogens is 546 g/mol. The molecule has 0 heterocycles. The summed E-state index contributed by atoms with van der Waals surface area (Å²) in [4.78, 5) is 0. The quantitative estimate of drug-likeness (QED) is 0.0491. The first-order valence-corrected chi connectivity index (χ1v) is 18.8. The standard InChI is InChI=1S/C42H64N3/c1-3-5-7-9-11-13-15-17-19-29-37-45(40-33-25-22-26-34-40,38-30-20-18-16-14-12-10-8-6-4-2)42-36-28-27-35-41(42)44-43-39-31-23-21-24-32-39/h21-28,31-36H,3-20,29-30,37-38H2,1-2H3/q+1. The molecule has 45 heavy (non-hydrogen) atoms. The van der Waals surface area contributed by atoms with Crippen LogP contribution in [0.2, 0.25) is 0 Å². The summed E-state index contributed by atoms with van der Waals surface area (Å²) >= 11 is 0. The molecule has 3 nitrogen and oxygen atoms in total. The van der Waals surface area contributed by atoms with Crippen LogP contribution in [0.3, 0.4) is 0 Å². The van der Waals surface area contributed by atoms with Gasteiger partial charge in [-0.1, -0.05) is 165 Å². The van der Waals surface area contributed by atoms with Gasteiger partial charge in [0.2, 0.25) is 0 Å². The zero-order chi connectivity index (χ0) is 31.7. The van der Waals surface area contributed by atoms with E-state index in [2.05, 4.69) is 73.6 Å². The molecule has 0 amide bonds. The Hall–Kier alpha value is -2.78. The predicted molar refractivity (Wildman–Crippen MR) is 198 cm³/mol. The fourth-order valence-corrected chi connectivity index (χ4v) is 6.72. The van der Waals surface area contributed by atoms with E-state index in [0.717, 1.165) is 28.9 Å². The Morgan fingerprint density at radius 1 is 0.400 bits per heavy atom. The molecule has 0 aliphatic carbocycles. The lowest BCUT2D eigenvalue weighted by Crippen LogP contribution is -2.46. The Labute approximate surface area is 277 Å². The average molecular weight is 611 g/mol. The predicted octanol–water partition coefficient (Wildman–Crippen LogP) is 14.6. The van der Waals surface area contributed by atoms with Gasteiger partial charge in [-0.2, -0.15) is 5.11 Å². The van der Waals surface area contributed by atoms with Crippen molar-refractivity contribution in [3.8, 4) is 0 Å². The van der Waals surface area contributed by atoms with Gasteiger partial charge in [-0.3, -0.25) is 4.48 Å². The van der Waals surface area contributed by atoms with Crippen LogP contribution in [0.15, 0.2) is 95.2 Å². The van der Waals surface area contributed by atoms with Gasteiger partial charge in [0.25, 0.3) is 0 Å². The van der Waals surface area contributed by atoms with Crippen LogP contribution in [0.1, 0.15) is 142 Å². The molecule has 0 saturated carbocycles. The summed E-state index contributed by atoms with van der Waals surface area (Å²) in [7, 11) is 0. The van der Waals surface area contributed by atoms with E-state index in [-0.39, 0.29) is 0 Å². The molecule has 0 bridgehead atoms. The molecule has 3 rings (SSSR count). The molecule has 0 N–H and O–H groups in total. The Bertz CT molecular complexity index is 1120. The van der Waals surface area contributed by atoms with Gasteiger partial charge in [-0.25, -0.2) is 0 Å². The van der Waals surface area contributed by atoms with E-state index < -0.39 is 0 Å². The molecule has 3 aromatic rings. The van der Waals surface area contributed by atoms with Crippen molar-refractivity contribution in [3.63, 3.8) is 0 Å². The maximum atomic E-state index is 4.88. The number of quaternary nitrogens is 1. The number of rotatable bonds is 26. The van der Waals surface area contributed by atoms with Crippen LogP contribution < -0.4 is 4.48 Å². The molecule has 0 radical (unpaired) electrons. The molecule has 0 fully saturated rings. The zero-order valence-corrected chi connectivity index (χ0v) is 29.0. The average Bonchev–Trinajstić information content (AvgIpc) is 3.09. The minimum Gasteiger partial charge on any atom is -0.257 e. The van der Waals surface area contributed by atoms with Crippen molar-refractivity contribution < 1.29 is 0 Å². The summed E-state index contributed by atoms with van der Waals surface area (Å²) in [5.74, 6) is 0. The lowest BCUT2D eigenvalue weighted by molar-refractivity contribution is 0.354. The van der Waals surface area contributed by atoms with Crippen LogP contribution in [0, 0.1) is 0 Å². The number of para-hydroxylation sites is 2. The van der Waals surface area contributed by atoms with Crippen molar-refractivity contribution in [1.29, 1.82) is 0 Å². The topological polar surface area (TPSA) is 24.7 Å². The third-order valence-electron chi connectivity index (χ3n) is 9.41. The first-order chi connectivity index (χ1) is 22.3. The highest BCUT2D eigenvalue weighted by atomic mass is 15.4. The zero-order valence-electron chi connectivity index (χ0n) is 29.0. The second kappa shape index (κ2) is 23.5. The van der Waals surface area contributed by atoms with E-state index in [9.17, 15) is 0 Å². The molecular formula is C42H64N3+. The van der Waals surface area contributed by atoms with Gasteiger partial charge in [0.1, 0.15) is 11.4 Å². The van der Waals surface area contributed by atoms with Crippen molar-refractivity contribution in [1.82, 2.24) is 4.48 Å². The third kappa shape index (κ3) is 14.0. The fourth-order valence-electron chi connectivity index (χ4n) is 6.72. The second-order valence-electron chi connectivity index (χ2n) is 13.1. The summed E-state index contributed by atoms with van der Waals surface area (Å²) in [6, 6.07) is 30.2. The Morgan fingerprint density at radius 3 is 1.29 bits per heavy atom. The Kier molecular flexibility index (Phi) is 19.2. The van der Waals surface area contributed by atoms with Crippen LogP contribution in [-0.4, -0.2) is 13.1 Å². The molecule has 3 aromatic carbocycles. The molecule has 0 aromatic heterocycles. The molecule has 0 aliphatic rings. The summed E-state index contributed by atoms with van der Waals surface area (Å²) in [5, 5.41) is 9.55. The summed E-state index contributed by atoms with van der Waals surface area (Å²) in [6.07, 6.45) is 27.2. The summed E-state index contributed by atoms with van der Waals surface area (Å²) < 4.78 is 0.860. The molecule has 0 unspecified atom stereocenters. The smallest absolute Gasteiger partial charge is 0.165 e. The number of nitrogens with zero attached hydrogens (tertiary/aromatic N) is 3. The van der Waals surface area contributed by atoms with Crippen molar-refractivity contribution in [2.45, 2.75) is 142 Å². The highest BCUT2D eigenvalue weighted by Crippen LogP contribution is 2.42.